The first-order valence-corrected chi connectivity index (χ1v) is 8.29. The predicted molar refractivity (Wildman–Crippen MR) is 80.7 cm³/mol. The van der Waals surface area contributed by atoms with Crippen LogP contribution in [0.2, 0.25) is 0 Å². The maximum atomic E-state index is 12.0. The van der Waals surface area contributed by atoms with Crippen LogP contribution >= 0.6 is 11.3 Å². The lowest BCUT2D eigenvalue weighted by atomic mass is 10.1. The molecule has 0 radical (unpaired) electrons. The van der Waals surface area contributed by atoms with Gasteiger partial charge in [-0.1, -0.05) is 30.0 Å². The lowest BCUT2D eigenvalue weighted by Gasteiger charge is -2.05. The summed E-state index contributed by atoms with van der Waals surface area (Å²) in [5, 5.41) is 1.73. The molecule has 0 fully saturated rings. The van der Waals surface area contributed by atoms with Crippen molar-refractivity contribution in [2.45, 2.75) is 10.8 Å². The zero-order valence-electron chi connectivity index (χ0n) is 10.7. The quantitative estimate of drug-likeness (QED) is 0.842. The maximum Gasteiger partial charge on any atom is 0.250 e. The lowest BCUT2D eigenvalue weighted by Crippen LogP contribution is -2.22. The minimum atomic E-state index is -3.43. The highest BCUT2D eigenvalue weighted by Crippen LogP contribution is 2.16. The fourth-order valence-corrected chi connectivity index (χ4v) is 3.63. The van der Waals surface area contributed by atoms with Crippen molar-refractivity contribution >= 4 is 21.4 Å². The van der Waals surface area contributed by atoms with Crippen LogP contribution in [0.4, 0.5) is 0 Å². The third-order valence-corrected chi connectivity index (χ3v) is 5.29. The van der Waals surface area contributed by atoms with Crippen LogP contribution in [0.5, 0.6) is 0 Å². The zero-order chi connectivity index (χ0) is 14.4. The van der Waals surface area contributed by atoms with Gasteiger partial charge in [0.05, 0.1) is 6.54 Å². The average molecular weight is 306 g/mol. The summed E-state index contributed by atoms with van der Waals surface area (Å²) in [7, 11) is -3.43. The molecule has 0 unspecified atom stereocenters. The highest BCUT2D eigenvalue weighted by Gasteiger charge is 2.14. The molecule has 2 aromatic rings. The fraction of sp³-hybridized carbons (Fsp3) is 0.143. The number of nitrogens with two attached hydrogens (primary N) is 1. The summed E-state index contributed by atoms with van der Waals surface area (Å²) in [6.07, 6.45) is 0. The molecule has 1 aromatic carbocycles. The smallest absolute Gasteiger partial charge is 0.250 e. The standard InChI is InChI=1S/C14H14N2O2S2/c15-8-2-6-12-4-1-5-13(10-12)11-16-20(17,18)14-7-3-9-19-14/h1,3-5,7,9-10,16H,8,11,15H2. The van der Waals surface area contributed by atoms with Crippen molar-refractivity contribution in [3.63, 3.8) is 0 Å². The summed E-state index contributed by atoms with van der Waals surface area (Å²) >= 11 is 1.19. The third kappa shape index (κ3) is 3.92. The SMILES string of the molecule is NCC#Cc1cccc(CNS(=O)(=O)c2cccs2)c1. The van der Waals surface area contributed by atoms with E-state index in [4.69, 9.17) is 5.73 Å². The Kier molecular flexibility index (Phi) is 4.93. The van der Waals surface area contributed by atoms with E-state index in [1.807, 2.05) is 24.3 Å². The van der Waals surface area contributed by atoms with Crippen molar-refractivity contribution in [3.05, 3.63) is 52.9 Å². The van der Waals surface area contributed by atoms with E-state index in [0.717, 1.165) is 11.1 Å². The topological polar surface area (TPSA) is 72.2 Å². The first-order valence-electron chi connectivity index (χ1n) is 5.93. The van der Waals surface area contributed by atoms with Gasteiger partial charge in [-0.15, -0.1) is 11.3 Å². The van der Waals surface area contributed by atoms with Crippen molar-refractivity contribution in [1.82, 2.24) is 4.72 Å². The molecule has 6 heteroatoms. The van der Waals surface area contributed by atoms with Gasteiger partial charge in [-0.2, -0.15) is 0 Å². The van der Waals surface area contributed by atoms with E-state index >= 15 is 0 Å². The first-order chi connectivity index (χ1) is 9.62. The van der Waals surface area contributed by atoms with Gasteiger partial charge in [0.15, 0.2) is 0 Å². The van der Waals surface area contributed by atoms with Crippen molar-refractivity contribution < 1.29 is 8.42 Å². The molecule has 0 atom stereocenters. The maximum absolute atomic E-state index is 12.0. The summed E-state index contributed by atoms with van der Waals surface area (Å²) in [5.41, 5.74) is 7.00. The first kappa shape index (κ1) is 14.8. The van der Waals surface area contributed by atoms with E-state index in [1.54, 1.807) is 17.5 Å². The van der Waals surface area contributed by atoms with Crippen LogP contribution in [-0.4, -0.2) is 15.0 Å². The van der Waals surface area contributed by atoms with Crippen molar-refractivity contribution in [2.24, 2.45) is 5.73 Å². The molecule has 0 aliphatic heterocycles. The van der Waals surface area contributed by atoms with Gasteiger partial charge in [0, 0.05) is 12.1 Å². The van der Waals surface area contributed by atoms with E-state index in [-0.39, 0.29) is 6.54 Å². The number of benzene rings is 1. The van der Waals surface area contributed by atoms with E-state index in [2.05, 4.69) is 16.6 Å². The summed E-state index contributed by atoms with van der Waals surface area (Å²) in [6, 6.07) is 10.7. The molecule has 0 saturated heterocycles. The Hall–Kier alpha value is -1.65. The number of rotatable bonds is 4. The number of sulfonamides is 1. The van der Waals surface area contributed by atoms with Gasteiger partial charge in [0.25, 0.3) is 0 Å². The molecule has 0 bridgehead atoms. The van der Waals surface area contributed by atoms with Gasteiger partial charge in [0.2, 0.25) is 10.0 Å². The molecule has 1 aromatic heterocycles. The van der Waals surface area contributed by atoms with Gasteiger partial charge in [-0.25, -0.2) is 13.1 Å². The molecule has 3 N–H and O–H groups in total. The van der Waals surface area contributed by atoms with Crippen LogP contribution in [0, 0.1) is 11.8 Å². The second-order valence-corrected chi connectivity index (χ2v) is 6.90. The monoisotopic (exact) mass is 306 g/mol. The van der Waals surface area contributed by atoms with Crippen LogP contribution in [0.1, 0.15) is 11.1 Å². The molecule has 1 heterocycles. The summed E-state index contributed by atoms with van der Waals surface area (Å²) in [5.74, 6) is 5.69. The number of thiophene rings is 1. The van der Waals surface area contributed by atoms with Gasteiger partial charge < -0.3 is 5.73 Å². The molecular weight excluding hydrogens is 292 g/mol. The largest absolute Gasteiger partial charge is 0.320 e. The normalized spacial score (nSPS) is 10.8. The minimum Gasteiger partial charge on any atom is -0.320 e. The van der Waals surface area contributed by atoms with E-state index in [0.29, 0.717) is 10.8 Å². The molecular formula is C14H14N2O2S2. The summed E-state index contributed by atoms with van der Waals surface area (Å²) in [4.78, 5) is 0. The summed E-state index contributed by atoms with van der Waals surface area (Å²) in [6.45, 7) is 0.535. The number of hydrogen-bond acceptors (Lipinski definition) is 4. The van der Waals surface area contributed by atoms with Gasteiger partial charge >= 0.3 is 0 Å². The molecule has 4 nitrogen and oxygen atoms in total. The second kappa shape index (κ2) is 6.68. The van der Waals surface area contributed by atoms with Crippen LogP contribution in [0.25, 0.3) is 0 Å². The minimum absolute atomic E-state index is 0.235. The highest BCUT2D eigenvalue weighted by molar-refractivity contribution is 7.91. The van der Waals surface area contributed by atoms with E-state index in [1.165, 1.54) is 11.3 Å². The Morgan fingerprint density at radius 1 is 1.25 bits per heavy atom. The number of nitrogens with one attached hydrogen (secondary N) is 1. The molecule has 0 saturated carbocycles. The lowest BCUT2D eigenvalue weighted by molar-refractivity contribution is 0.583. The molecule has 0 aliphatic carbocycles. The highest BCUT2D eigenvalue weighted by atomic mass is 32.2. The molecule has 2 rings (SSSR count). The Labute approximate surface area is 122 Å². The molecule has 0 amide bonds. The van der Waals surface area contributed by atoms with Crippen LogP contribution in [0.3, 0.4) is 0 Å². The fourth-order valence-electron chi connectivity index (χ4n) is 1.58. The Morgan fingerprint density at radius 3 is 2.80 bits per heavy atom. The molecule has 0 spiro atoms. The third-order valence-electron chi connectivity index (χ3n) is 2.49. The Morgan fingerprint density at radius 2 is 2.10 bits per heavy atom. The Balaban J connectivity index is 2.08. The van der Waals surface area contributed by atoms with Crippen LogP contribution in [-0.2, 0) is 16.6 Å². The van der Waals surface area contributed by atoms with Crippen molar-refractivity contribution in [3.8, 4) is 11.8 Å². The molecule has 0 aliphatic rings. The zero-order valence-corrected chi connectivity index (χ0v) is 12.3. The van der Waals surface area contributed by atoms with Gasteiger partial charge in [-0.05, 0) is 29.1 Å². The number of hydrogen-bond donors (Lipinski definition) is 2. The predicted octanol–water partition coefficient (Wildman–Crippen LogP) is 1.54. The second-order valence-electron chi connectivity index (χ2n) is 3.96. The van der Waals surface area contributed by atoms with Gasteiger partial charge in [0.1, 0.15) is 4.21 Å². The average Bonchev–Trinajstić information content (AvgIpc) is 2.98. The summed E-state index contributed by atoms with van der Waals surface area (Å²) < 4.78 is 26.8. The molecule has 104 valence electrons. The van der Waals surface area contributed by atoms with E-state index in [9.17, 15) is 8.42 Å². The van der Waals surface area contributed by atoms with Crippen LogP contribution < -0.4 is 10.5 Å². The molecule has 20 heavy (non-hydrogen) atoms. The van der Waals surface area contributed by atoms with Crippen LogP contribution in [0.15, 0.2) is 46.0 Å². The van der Waals surface area contributed by atoms with E-state index < -0.39 is 10.0 Å². The van der Waals surface area contributed by atoms with Crippen molar-refractivity contribution in [1.29, 1.82) is 0 Å². The Bertz CT molecular complexity index is 726. The van der Waals surface area contributed by atoms with Crippen molar-refractivity contribution in [2.75, 3.05) is 6.54 Å². The van der Waals surface area contributed by atoms with Gasteiger partial charge in [-0.3, -0.25) is 0 Å².